The van der Waals surface area contributed by atoms with Crippen molar-refractivity contribution in [1.82, 2.24) is 15.0 Å². The first-order valence-corrected chi connectivity index (χ1v) is 8.57. The molecule has 25 heavy (non-hydrogen) atoms. The van der Waals surface area contributed by atoms with Gasteiger partial charge >= 0.3 is 5.97 Å². The second kappa shape index (κ2) is 7.33. The van der Waals surface area contributed by atoms with Gasteiger partial charge in [-0.15, -0.1) is 0 Å². The molecule has 2 N–H and O–H groups in total. The number of carboxylic acid groups (broad SMARTS) is 1. The molecule has 0 radical (unpaired) electrons. The van der Waals surface area contributed by atoms with Crippen molar-refractivity contribution < 1.29 is 19.5 Å². The molecule has 1 aromatic heterocycles. The number of aromatic nitrogens is 2. The molecular weight excluding hydrogens is 322 g/mol. The van der Waals surface area contributed by atoms with Gasteiger partial charge in [-0.25, -0.2) is 0 Å². The van der Waals surface area contributed by atoms with Crippen molar-refractivity contribution in [2.45, 2.75) is 38.8 Å². The molecule has 1 fully saturated rings. The molecular formula is C18H23N3O4. The Morgan fingerprint density at radius 3 is 2.84 bits per heavy atom. The van der Waals surface area contributed by atoms with Crippen molar-refractivity contribution in [3.63, 3.8) is 0 Å². The van der Waals surface area contributed by atoms with E-state index in [9.17, 15) is 15.0 Å². The van der Waals surface area contributed by atoms with Gasteiger partial charge in [0.2, 0.25) is 11.7 Å². The van der Waals surface area contributed by atoms with E-state index < -0.39 is 17.5 Å². The van der Waals surface area contributed by atoms with Crippen LogP contribution in [0.5, 0.6) is 0 Å². The van der Waals surface area contributed by atoms with Gasteiger partial charge in [0.25, 0.3) is 0 Å². The molecule has 0 unspecified atom stereocenters. The number of hydrogen-bond acceptors (Lipinski definition) is 6. The van der Waals surface area contributed by atoms with Gasteiger partial charge in [-0.2, -0.15) is 4.98 Å². The molecule has 1 saturated heterocycles. The first-order valence-electron chi connectivity index (χ1n) is 8.57. The van der Waals surface area contributed by atoms with Crippen LogP contribution in [0.3, 0.4) is 0 Å². The predicted molar refractivity (Wildman–Crippen MR) is 90.6 cm³/mol. The van der Waals surface area contributed by atoms with E-state index in [1.165, 1.54) is 0 Å². The molecule has 0 aliphatic carbocycles. The highest BCUT2D eigenvalue weighted by atomic mass is 16.5. The van der Waals surface area contributed by atoms with Gasteiger partial charge in [-0.3, -0.25) is 9.69 Å². The fourth-order valence-electron chi connectivity index (χ4n) is 3.52. The summed E-state index contributed by atoms with van der Waals surface area (Å²) in [5.41, 5.74) is -0.257. The lowest BCUT2D eigenvalue weighted by Gasteiger charge is -2.42. The number of rotatable bonds is 6. The van der Waals surface area contributed by atoms with Crippen molar-refractivity contribution in [2.75, 3.05) is 13.1 Å². The van der Waals surface area contributed by atoms with E-state index in [2.05, 4.69) is 10.1 Å². The Hall–Kier alpha value is -2.25. The first-order chi connectivity index (χ1) is 12.0. The Labute approximate surface area is 146 Å². The second-order valence-electron chi connectivity index (χ2n) is 6.60. The molecule has 7 nitrogen and oxygen atoms in total. The largest absolute Gasteiger partial charge is 0.481 e. The van der Waals surface area contributed by atoms with Crippen LogP contribution in [-0.4, -0.2) is 50.4 Å². The average Bonchev–Trinajstić information content (AvgIpc) is 3.07. The van der Waals surface area contributed by atoms with E-state index in [0.29, 0.717) is 44.1 Å². The number of aliphatic carboxylic acids is 1. The van der Waals surface area contributed by atoms with E-state index in [0.717, 1.165) is 5.56 Å². The van der Waals surface area contributed by atoms with Gasteiger partial charge in [-0.05, 0) is 12.8 Å². The summed E-state index contributed by atoms with van der Waals surface area (Å²) in [7, 11) is 0. The van der Waals surface area contributed by atoms with Gasteiger partial charge in [0.1, 0.15) is 5.41 Å². The number of piperidine rings is 1. The number of aliphatic hydroxyl groups excluding tert-OH is 1. The minimum absolute atomic E-state index is 0.278. The quantitative estimate of drug-likeness (QED) is 0.827. The Morgan fingerprint density at radius 1 is 1.40 bits per heavy atom. The highest BCUT2D eigenvalue weighted by Gasteiger charge is 2.48. The van der Waals surface area contributed by atoms with Gasteiger partial charge in [0.05, 0.1) is 12.6 Å². The molecule has 7 heteroatoms. The van der Waals surface area contributed by atoms with Gasteiger partial charge in [0, 0.05) is 18.7 Å². The van der Waals surface area contributed by atoms with E-state index >= 15 is 0 Å². The van der Waals surface area contributed by atoms with Crippen LogP contribution in [0, 0.1) is 5.41 Å². The van der Waals surface area contributed by atoms with Crippen molar-refractivity contribution in [1.29, 1.82) is 0 Å². The van der Waals surface area contributed by atoms with E-state index in [-0.39, 0.29) is 6.54 Å². The van der Waals surface area contributed by atoms with Crippen LogP contribution in [0.4, 0.5) is 0 Å². The Morgan fingerprint density at radius 2 is 2.16 bits per heavy atom. The molecule has 1 aliphatic rings. The summed E-state index contributed by atoms with van der Waals surface area (Å²) in [6.07, 6.45) is 0.741. The standard InChI is InChI=1S/C18H23N3O4/c1-2-9-18(17(23)24)12-21(10-8-14(18)22)11-15-19-16(20-25-15)13-6-4-3-5-7-13/h3-7,14,22H,2,8-12H2,1H3,(H,23,24)/t14-,18+/m0/s1. The average molecular weight is 345 g/mol. The van der Waals surface area contributed by atoms with Crippen molar-refractivity contribution >= 4 is 5.97 Å². The lowest BCUT2D eigenvalue weighted by atomic mass is 9.74. The SMILES string of the molecule is CCC[C@@]1(C(=O)O)CN(Cc2nc(-c3ccccc3)no2)CC[C@@H]1O. The van der Waals surface area contributed by atoms with E-state index in [1.54, 1.807) is 0 Å². The summed E-state index contributed by atoms with van der Waals surface area (Å²) in [4.78, 5) is 18.2. The number of aliphatic hydroxyl groups is 1. The first kappa shape index (κ1) is 17.6. The van der Waals surface area contributed by atoms with Crippen LogP contribution in [0.15, 0.2) is 34.9 Å². The van der Waals surface area contributed by atoms with Crippen LogP contribution in [-0.2, 0) is 11.3 Å². The third-order valence-corrected chi connectivity index (χ3v) is 4.84. The highest BCUT2D eigenvalue weighted by Crippen LogP contribution is 2.36. The molecule has 0 saturated carbocycles. The number of carboxylic acids is 1. The van der Waals surface area contributed by atoms with E-state index in [1.807, 2.05) is 42.2 Å². The van der Waals surface area contributed by atoms with Crippen molar-refractivity contribution in [3.05, 3.63) is 36.2 Å². The minimum atomic E-state index is -1.13. The zero-order chi connectivity index (χ0) is 17.9. The van der Waals surface area contributed by atoms with Crippen LogP contribution in [0.25, 0.3) is 11.4 Å². The van der Waals surface area contributed by atoms with Gasteiger partial charge in [-0.1, -0.05) is 48.8 Å². The number of benzene rings is 1. The summed E-state index contributed by atoms with van der Waals surface area (Å²) >= 11 is 0. The Kier molecular flexibility index (Phi) is 5.15. The Balaban J connectivity index is 1.73. The summed E-state index contributed by atoms with van der Waals surface area (Å²) in [6.45, 7) is 3.19. The predicted octanol–water partition coefficient (Wildman–Crippen LogP) is 2.17. The third-order valence-electron chi connectivity index (χ3n) is 4.84. The number of likely N-dealkylation sites (tertiary alicyclic amines) is 1. The molecule has 2 atom stereocenters. The zero-order valence-corrected chi connectivity index (χ0v) is 14.3. The topological polar surface area (TPSA) is 99.7 Å². The maximum Gasteiger partial charge on any atom is 0.313 e. The molecule has 2 heterocycles. The molecule has 0 bridgehead atoms. The summed E-state index contributed by atoms with van der Waals surface area (Å²) in [5.74, 6) is 0.0267. The smallest absolute Gasteiger partial charge is 0.313 e. The molecule has 134 valence electrons. The lowest BCUT2D eigenvalue weighted by Crippen LogP contribution is -2.55. The van der Waals surface area contributed by atoms with Crippen molar-refractivity contribution in [3.8, 4) is 11.4 Å². The summed E-state index contributed by atoms with van der Waals surface area (Å²) in [6, 6.07) is 9.54. The summed E-state index contributed by atoms with van der Waals surface area (Å²) < 4.78 is 5.32. The number of carbonyl (C=O) groups is 1. The van der Waals surface area contributed by atoms with Crippen LogP contribution >= 0.6 is 0 Å². The summed E-state index contributed by atoms with van der Waals surface area (Å²) in [5, 5.41) is 24.0. The molecule has 1 aliphatic heterocycles. The lowest BCUT2D eigenvalue weighted by molar-refractivity contribution is -0.164. The zero-order valence-electron chi connectivity index (χ0n) is 14.3. The molecule has 0 spiro atoms. The third kappa shape index (κ3) is 3.57. The molecule has 2 aromatic rings. The molecule has 0 amide bonds. The van der Waals surface area contributed by atoms with Gasteiger partial charge < -0.3 is 14.7 Å². The Bertz CT molecular complexity index is 718. The fourth-order valence-corrected chi connectivity index (χ4v) is 3.52. The monoisotopic (exact) mass is 345 g/mol. The van der Waals surface area contributed by atoms with Crippen LogP contribution < -0.4 is 0 Å². The number of nitrogens with zero attached hydrogens (tertiary/aromatic N) is 3. The maximum absolute atomic E-state index is 11.8. The van der Waals surface area contributed by atoms with Crippen LogP contribution in [0.2, 0.25) is 0 Å². The number of hydrogen-bond donors (Lipinski definition) is 2. The maximum atomic E-state index is 11.8. The molecule has 3 rings (SSSR count). The van der Waals surface area contributed by atoms with Crippen LogP contribution in [0.1, 0.15) is 32.1 Å². The van der Waals surface area contributed by atoms with Gasteiger partial charge in [0.15, 0.2) is 0 Å². The van der Waals surface area contributed by atoms with E-state index in [4.69, 9.17) is 4.52 Å². The van der Waals surface area contributed by atoms with Crippen molar-refractivity contribution in [2.24, 2.45) is 5.41 Å². The molecule has 1 aromatic carbocycles. The minimum Gasteiger partial charge on any atom is -0.481 e. The second-order valence-corrected chi connectivity index (χ2v) is 6.60. The normalized spacial score (nSPS) is 24.3. The fraction of sp³-hybridized carbons (Fsp3) is 0.500. The highest BCUT2D eigenvalue weighted by molar-refractivity contribution is 5.76.